The summed E-state index contributed by atoms with van der Waals surface area (Å²) in [4.78, 5) is 8.48. The zero-order valence-corrected chi connectivity index (χ0v) is 8.84. The number of pyridine rings is 1. The first-order chi connectivity index (χ1) is 7.22. The van der Waals surface area contributed by atoms with Crippen molar-refractivity contribution >= 4 is 17.1 Å². The van der Waals surface area contributed by atoms with E-state index in [1.807, 2.05) is 23.6 Å². The summed E-state index contributed by atoms with van der Waals surface area (Å²) in [6.45, 7) is 2.64. The maximum Gasteiger partial charge on any atom is 0.202 e. The molecule has 5 nitrogen and oxygen atoms in total. The summed E-state index contributed by atoms with van der Waals surface area (Å²) in [6, 6.07) is 3.74. The number of methoxy groups -OCH3 is 1. The molecule has 0 spiro atoms. The molecular weight excluding hydrogens is 192 g/mol. The van der Waals surface area contributed by atoms with Crippen molar-refractivity contribution < 1.29 is 4.74 Å². The molecule has 80 valence electrons. The third kappa shape index (κ3) is 1.78. The summed E-state index contributed by atoms with van der Waals surface area (Å²) >= 11 is 0. The van der Waals surface area contributed by atoms with E-state index in [1.165, 1.54) is 0 Å². The monoisotopic (exact) mass is 206 g/mol. The lowest BCUT2D eigenvalue weighted by Gasteiger charge is -2.11. The Kier molecular flexibility index (Phi) is 2.55. The predicted octanol–water partition coefficient (Wildman–Crippen LogP) is 1.05. The average molecular weight is 206 g/mol. The molecule has 0 saturated carbocycles. The molecule has 0 radical (unpaired) electrons. The maximum absolute atomic E-state index is 5.81. The standard InChI is InChI=1S/C10H14N4O/c1-7(15-2)6-14-9-8(13-10(14)11)4-3-5-12-9/h3-5,7H,6H2,1-2H3,(H2,11,13). The number of anilines is 1. The number of hydrogen-bond acceptors (Lipinski definition) is 4. The normalized spacial score (nSPS) is 13.2. The van der Waals surface area contributed by atoms with Crippen molar-refractivity contribution in [1.29, 1.82) is 0 Å². The third-order valence-electron chi connectivity index (χ3n) is 2.38. The van der Waals surface area contributed by atoms with Gasteiger partial charge in [-0.2, -0.15) is 0 Å². The van der Waals surface area contributed by atoms with Gasteiger partial charge in [-0.25, -0.2) is 9.97 Å². The predicted molar refractivity (Wildman–Crippen MR) is 58.4 cm³/mol. The summed E-state index contributed by atoms with van der Waals surface area (Å²) in [6.07, 6.45) is 1.82. The van der Waals surface area contributed by atoms with Crippen molar-refractivity contribution in [2.24, 2.45) is 0 Å². The van der Waals surface area contributed by atoms with Crippen molar-refractivity contribution in [3.05, 3.63) is 18.3 Å². The quantitative estimate of drug-likeness (QED) is 0.815. The first-order valence-corrected chi connectivity index (χ1v) is 4.82. The van der Waals surface area contributed by atoms with Crippen molar-refractivity contribution in [2.75, 3.05) is 12.8 Å². The summed E-state index contributed by atoms with van der Waals surface area (Å²) in [5, 5.41) is 0. The molecule has 15 heavy (non-hydrogen) atoms. The molecule has 2 rings (SSSR count). The molecule has 0 aliphatic carbocycles. The minimum Gasteiger partial charge on any atom is -0.380 e. The van der Waals surface area contributed by atoms with E-state index in [-0.39, 0.29) is 6.10 Å². The highest BCUT2D eigenvalue weighted by Crippen LogP contribution is 2.15. The molecule has 5 heteroatoms. The molecule has 0 saturated heterocycles. The second-order valence-corrected chi connectivity index (χ2v) is 3.47. The van der Waals surface area contributed by atoms with Crippen LogP contribution in [0.3, 0.4) is 0 Å². The molecule has 2 aromatic rings. The van der Waals surface area contributed by atoms with Crippen LogP contribution in [-0.4, -0.2) is 27.7 Å². The number of aromatic nitrogens is 3. The van der Waals surface area contributed by atoms with Crippen molar-refractivity contribution in [1.82, 2.24) is 14.5 Å². The fourth-order valence-corrected chi connectivity index (χ4v) is 1.49. The molecular formula is C10H14N4O. The Balaban J connectivity index is 2.45. The third-order valence-corrected chi connectivity index (χ3v) is 2.38. The van der Waals surface area contributed by atoms with Gasteiger partial charge < -0.3 is 10.5 Å². The van der Waals surface area contributed by atoms with E-state index >= 15 is 0 Å². The Bertz CT molecular complexity index is 465. The highest BCUT2D eigenvalue weighted by Gasteiger charge is 2.10. The Hall–Kier alpha value is -1.62. The minimum absolute atomic E-state index is 0.0895. The van der Waals surface area contributed by atoms with Gasteiger partial charge >= 0.3 is 0 Å². The number of imidazole rings is 1. The van der Waals surface area contributed by atoms with Crippen LogP contribution in [0.1, 0.15) is 6.92 Å². The molecule has 2 N–H and O–H groups in total. The first-order valence-electron chi connectivity index (χ1n) is 4.82. The summed E-state index contributed by atoms with van der Waals surface area (Å²) in [5.41, 5.74) is 7.44. The van der Waals surface area contributed by atoms with Gasteiger partial charge in [-0.1, -0.05) is 0 Å². The number of nitrogens with zero attached hydrogens (tertiary/aromatic N) is 3. The lowest BCUT2D eigenvalue weighted by Crippen LogP contribution is -2.16. The molecule has 0 aromatic carbocycles. The van der Waals surface area contributed by atoms with Gasteiger partial charge in [-0.3, -0.25) is 4.57 Å². The van der Waals surface area contributed by atoms with Crippen LogP contribution in [0.15, 0.2) is 18.3 Å². The molecule has 2 aromatic heterocycles. The topological polar surface area (TPSA) is 66.0 Å². The average Bonchev–Trinajstić information content (AvgIpc) is 2.55. The van der Waals surface area contributed by atoms with Crippen LogP contribution in [0.4, 0.5) is 5.95 Å². The van der Waals surface area contributed by atoms with E-state index in [1.54, 1.807) is 13.3 Å². The number of nitrogen functional groups attached to an aromatic ring is 1. The van der Waals surface area contributed by atoms with Crippen molar-refractivity contribution in [3.8, 4) is 0 Å². The lowest BCUT2D eigenvalue weighted by atomic mass is 10.4. The molecule has 0 fully saturated rings. The van der Waals surface area contributed by atoms with Gasteiger partial charge in [0.2, 0.25) is 5.95 Å². The highest BCUT2D eigenvalue weighted by molar-refractivity contribution is 5.73. The smallest absolute Gasteiger partial charge is 0.202 e. The maximum atomic E-state index is 5.81. The highest BCUT2D eigenvalue weighted by atomic mass is 16.5. The van der Waals surface area contributed by atoms with Crippen molar-refractivity contribution in [3.63, 3.8) is 0 Å². The SMILES string of the molecule is COC(C)Cn1c(N)nc2cccnc21. The number of hydrogen-bond donors (Lipinski definition) is 1. The fraction of sp³-hybridized carbons (Fsp3) is 0.400. The van der Waals surface area contributed by atoms with Gasteiger partial charge in [0.05, 0.1) is 12.6 Å². The number of fused-ring (bicyclic) bond motifs is 1. The largest absolute Gasteiger partial charge is 0.380 e. The van der Waals surface area contributed by atoms with Gasteiger partial charge in [0.15, 0.2) is 5.65 Å². The van der Waals surface area contributed by atoms with E-state index in [0.29, 0.717) is 12.5 Å². The second-order valence-electron chi connectivity index (χ2n) is 3.47. The Morgan fingerprint density at radius 1 is 1.60 bits per heavy atom. The van der Waals surface area contributed by atoms with Crippen LogP contribution in [0.2, 0.25) is 0 Å². The zero-order chi connectivity index (χ0) is 10.8. The first kappa shape index (κ1) is 9.92. The number of ether oxygens (including phenoxy) is 1. The second kappa shape index (κ2) is 3.86. The summed E-state index contributed by atoms with van der Waals surface area (Å²) in [5.74, 6) is 0.479. The van der Waals surface area contributed by atoms with E-state index in [4.69, 9.17) is 10.5 Å². The van der Waals surface area contributed by atoms with Crippen LogP contribution in [0.25, 0.3) is 11.2 Å². The lowest BCUT2D eigenvalue weighted by molar-refractivity contribution is 0.104. The van der Waals surface area contributed by atoms with Crippen molar-refractivity contribution in [2.45, 2.75) is 19.6 Å². The zero-order valence-electron chi connectivity index (χ0n) is 8.84. The van der Waals surface area contributed by atoms with Gasteiger partial charge in [-0.15, -0.1) is 0 Å². The van der Waals surface area contributed by atoms with Gasteiger partial charge in [0.1, 0.15) is 5.52 Å². The van der Waals surface area contributed by atoms with Crippen LogP contribution in [-0.2, 0) is 11.3 Å². The Labute approximate surface area is 87.9 Å². The van der Waals surface area contributed by atoms with E-state index in [0.717, 1.165) is 11.2 Å². The van der Waals surface area contributed by atoms with Crippen LogP contribution >= 0.6 is 0 Å². The molecule has 0 aliphatic heterocycles. The summed E-state index contributed by atoms with van der Waals surface area (Å²) < 4.78 is 7.06. The number of rotatable bonds is 3. The van der Waals surface area contributed by atoms with E-state index in [9.17, 15) is 0 Å². The molecule has 1 unspecified atom stereocenters. The minimum atomic E-state index is 0.0895. The molecule has 0 amide bonds. The molecule has 1 atom stereocenters. The van der Waals surface area contributed by atoms with Gasteiger partial charge in [-0.05, 0) is 19.1 Å². The van der Waals surface area contributed by atoms with Gasteiger partial charge in [0, 0.05) is 13.3 Å². The Morgan fingerprint density at radius 3 is 3.13 bits per heavy atom. The van der Waals surface area contributed by atoms with Crippen LogP contribution < -0.4 is 5.73 Å². The Morgan fingerprint density at radius 2 is 2.40 bits per heavy atom. The molecule has 0 aliphatic rings. The van der Waals surface area contributed by atoms with Gasteiger partial charge in [0.25, 0.3) is 0 Å². The number of nitrogens with two attached hydrogens (primary N) is 1. The summed E-state index contributed by atoms with van der Waals surface area (Å²) in [7, 11) is 1.67. The van der Waals surface area contributed by atoms with Crippen LogP contribution in [0, 0.1) is 0 Å². The van der Waals surface area contributed by atoms with E-state index in [2.05, 4.69) is 9.97 Å². The van der Waals surface area contributed by atoms with E-state index < -0.39 is 0 Å². The molecule has 2 heterocycles. The fourth-order valence-electron chi connectivity index (χ4n) is 1.49. The van der Waals surface area contributed by atoms with Crippen LogP contribution in [0.5, 0.6) is 0 Å². The molecule has 0 bridgehead atoms.